The number of rotatable bonds is 10. The van der Waals surface area contributed by atoms with E-state index in [1.165, 1.54) is 0 Å². The summed E-state index contributed by atoms with van der Waals surface area (Å²) >= 11 is 0. The van der Waals surface area contributed by atoms with Gasteiger partial charge in [-0.25, -0.2) is 0 Å². The van der Waals surface area contributed by atoms with Gasteiger partial charge in [-0.15, -0.1) is 0 Å². The molecule has 112 valence electrons. The zero-order valence-electron chi connectivity index (χ0n) is 12.7. The smallest absolute Gasteiger partial charge is 0.311 e. The Hall–Kier alpha value is -1.07. The van der Waals surface area contributed by atoms with Gasteiger partial charge in [-0.3, -0.25) is 4.79 Å². The van der Waals surface area contributed by atoms with Crippen LogP contribution in [-0.4, -0.2) is 39.2 Å². The molecule has 0 fully saturated rings. The fourth-order valence-corrected chi connectivity index (χ4v) is 1.08. The van der Waals surface area contributed by atoms with Gasteiger partial charge in [0, 0.05) is 7.11 Å². The molecule has 0 rings (SSSR count). The highest BCUT2D eigenvalue weighted by Gasteiger charge is 2.29. The Labute approximate surface area is 115 Å². The molecule has 0 radical (unpaired) electrons. The lowest BCUT2D eigenvalue weighted by Gasteiger charge is -2.25. The van der Waals surface area contributed by atoms with Crippen LogP contribution < -0.4 is 0 Å². The summed E-state index contributed by atoms with van der Waals surface area (Å²) in [6.45, 7) is 11.6. The third kappa shape index (κ3) is 7.85. The molecule has 0 bridgehead atoms. The quantitative estimate of drug-likeness (QED) is 0.265. The molecule has 5 heteroatoms. The van der Waals surface area contributed by atoms with Crippen molar-refractivity contribution in [3.8, 4) is 0 Å². The molecule has 0 aromatic carbocycles. The fraction of sp³-hybridized carbons (Fsp3) is 0.786. The minimum atomic E-state index is -0.500. The number of esters is 1. The first kappa shape index (κ1) is 17.9. The zero-order valence-corrected chi connectivity index (χ0v) is 12.7. The van der Waals surface area contributed by atoms with Gasteiger partial charge < -0.3 is 18.9 Å². The molecule has 0 aliphatic carbocycles. The number of hydrogen-bond donors (Lipinski definition) is 0. The van der Waals surface area contributed by atoms with Crippen LogP contribution in [0.2, 0.25) is 0 Å². The summed E-state index contributed by atoms with van der Waals surface area (Å²) < 4.78 is 20.7. The van der Waals surface area contributed by atoms with Gasteiger partial charge in [0.1, 0.15) is 6.10 Å². The highest BCUT2D eigenvalue weighted by atomic mass is 16.7. The highest BCUT2D eigenvalue weighted by molar-refractivity contribution is 5.76. The van der Waals surface area contributed by atoms with Gasteiger partial charge in [0.15, 0.2) is 6.79 Å². The van der Waals surface area contributed by atoms with Crippen molar-refractivity contribution in [2.45, 2.75) is 40.2 Å². The van der Waals surface area contributed by atoms with Crippen molar-refractivity contribution in [2.75, 3.05) is 27.1 Å². The van der Waals surface area contributed by atoms with Crippen molar-refractivity contribution >= 4 is 5.97 Å². The second-order valence-corrected chi connectivity index (χ2v) is 5.06. The van der Waals surface area contributed by atoms with E-state index in [9.17, 15) is 4.79 Å². The molecule has 0 aromatic heterocycles. The first-order chi connectivity index (χ1) is 8.83. The predicted octanol–water partition coefficient (Wildman–Crippen LogP) is 2.51. The third-order valence-corrected chi connectivity index (χ3v) is 2.76. The minimum absolute atomic E-state index is 0.0876. The molecule has 0 heterocycles. The number of ether oxygens (including phenoxy) is 4. The Morgan fingerprint density at radius 3 is 2.42 bits per heavy atom. The molecule has 19 heavy (non-hydrogen) atoms. The second-order valence-electron chi connectivity index (χ2n) is 5.06. The normalized spacial score (nSPS) is 12.9. The van der Waals surface area contributed by atoms with E-state index in [0.29, 0.717) is 18.8 Å². The largest absolute Gasteiger partial charge is 0.473 e. The molecule has 0 aliphatic heterocycles. The molecule has 1 unspecified atom stereocenters. The van der Waals surface area contributed by atoms with Gasteiger partial charge >= 0.3 is 5.97 Å². The van der Waals surface area contributed by atoms with Crippen LogP contribution >= 0.6 is 0 Å². The van der Waals surface area contributed by atoms with Gasteiger partial charge in [0.25, 0.3) is 0 Å². The summed E-state index contributed by atoms with van der Waals surface area (Å²) in [5.74, 6) is 0.328. The predicted molar refractivity (Wildman–Crippen MR) is 72.5 cm³/mol. The van der Waals surface area contributed by atoms with E-state index in [2.05, 4.69) is 6.58 Å². The maximum Gasteiger partial charge on any atom is 0.311 e. The average Bonchev–Trinajstić information content (AvgIpc) is 2.34. The van der Waals surface area contributed by atoms with E-state index in [-0.39, 0.29) is 19.4 Å². The Morgan fingerprint density at radius 2 is 1.95 bits per heavy atom. The summed E-state index contributed by atoms with van der Waals surface area (Å²) in [7, 11) is 1.55. The first-order valence-electron chi connectivity index (χ1n) is 6.39. The number of methoxy groups -OCH3 is 1. The minimum Gasteiger partial charge on any atom is -0.473 e. The lowest BCUT2D eigenvalue weighted by atomic mass is 9.90. The van der Waals surface area contributed by atoms with Crippen LogP contribution in [0, 0.1) is 5.41 Å². The Balaban J connectivity index is 4.18. The zero-order chi connectivity index (χ0) is 14.9. The van der Waals surface area contributed by atoms with Gasteiger partial charge in [-0.1, -0.05) is 13.5 Å². The number of allylic oxidation sites excluding steroid dienone is 1. The van der Waals surface area contributed by atoms with Crippen LogP contribution in [0.15, 0.2) is 12.3 Å². The van der Waals surface area contributed by atoms with E-state index < -0.39 is 11.5 Å². The summed E-state index contributed by atoms with van der Waals surface area (Å²) in [5.41, 5.74) is -0.500. The summed E-state index contributed by atoms with van der Waals surface area (Å²) in [4.78, 5) is 11.9. The summed E-state index contributed by atoms with van der Waals surface area (Å²) in [6, 6.07) is 0. The molecule has 0 N–H and O–H groups in total. The number of hydrogen-bond acceptors (Lipinski definition) is 5. The van der Waals surface area contributed by atoms with Gasteiger partial charge in [0.2, 0.25) is 0 Å². The molecular weight excluding hydrogens is 248 g/mol. The molecule has 5 nitrogen and oxygen atoms in total. The standard InChI is InChI=1S/C14H26O5/c1-7-14(4,5)13(15)19-12(8-16-6)9-17-10-18-11(2)3/h12H,2,7-10H2,1,3-6H3. The van der Waals surface area contributed by atoms with E-state index >= 15 is 0 Å². The van der Waals surface area contributed by atoms with Crippen molar-refractivity contribution in [2.24, 2.45) is 5.41 Å². The van der Waals surface area contributed by atoms with Crippen LogP contribution in [-0.2, 0) is 23.7 Å². The van der Waals surface area contributed by atoms with Gasteiger partial charge in [-0.2, -0.15) is 0 Å². The van der Waals surface area contributed by atoms with Gasteiger partial charge in [0.05, 0.1) is 24.4 Å². The van der Waals surface area contributed by atoms with E-state index in [1.807, 2.05) is 20.8 Å². The SMILES string of the molecule is C=C(C)OCOCC(COC)OC(=O)C(C)(C)CC. The lowest BCUT2D eigenvalue weighted by molar-refractivity contribution is -0.168. The van der Waals surface area contributed by atoms with Gasteiger partial charge in [-0.05, 0) is 27.2 Å². The van der Waals surface area contributed by atoms with E-state index in [0.717, 1.165) is 0 Å². The molecule has 1 atom stereocenters. The first-order valence-corrected chi connectivity index (χ1v) is 6.39. The Bertz CT molecular complexity index is 286. The monoisotopic (exact) mass is 274 g/mol. The van der Waals surface area contributed by atoms with Crippen LogP contribution in [0.3, 0.4) is 0 Å². The molecular formula is C14H26O5. The fourth-order valence-electron chi connectivity index (χ4n) is 1.08. The van der Waals surface area contributed by atoms with Crippen LogP contribution in [0.4, 0.5) is 0 Å². The van der Waals surface area contributed by atoms with Crippen molar-refractivity contribution in [1.29, 1.82) is 0 Å². The van der Waals surface area contributed by atoms with E-state index in [1.54, 1.807) is 14.0 Å². The molecule has 0 aliphatic rings. The molecule has 0 saturated carbocycles. The summed E-state index contributed by atoms with van der Waals surface area (Å²) in [5, 5.41) is 0. The Kier molecular flexibility index (Phi) is 8.43. The maximum absolute atomic E-state index is 11.9. The third-order valence-electron chi connectivity index (χ3n) is 2.76. The number of carbonyl (C=O) groups is 1. The van der Waals surface area contributed by atoms with Crippen molar-refractivity contribution in [1.82, 2.24) is 0 Å². The van der Waals surface area contributed by atoms with Crippen LogP contribution in [0.1, 0.15) is 34.1 Å². The summed E-state index contributed by atoms with van der Waals surface area (Å²) in [6.07, 6.45) is 0.280. The van der Waals surface area contributed by atoms with Crippen molar-refractivity contribution in [3.05, 3.63) is 12.3 Å². The van der Waals surface area contributed by atoms with Crippen LogP contribution in [0.25, 0.3) is 0 Å². The maximum atomic E-state index is 11.9. The van der Waals surface area contributed by atoms with E-state index in [4.69, 9.17) is 18.9 Å². The molecule has 0 spiro atoms. The molecule has 0 saturated heterocycles. The number of carbonyl (C=O) groups excluding carboxylic acids is 1. The second kappa shape index (κ2) is 8.93. The molecule has 0 aromatic rings. The van der Waals surface area contributed by atoms with Crippen LogP contribution in [0.5, 0.6) is 0 Å². The van der Waals surface area contributed by atoms with Crippen molar-refractivity contribution in [3.63, 3.8) is 0 Å². The topological polar surface area (TPSA) is 54.0 Å². The van der Waals surface area contributed by atoms with Crippen molar-refractivity contribution < 1.29 is 23.7 Å². The molecule has 0 amide bonds. The Morgan fingerprint density at radius 1 is 1.32 bits per heavy atom. The highest BCUT2D eigenvalue weighted by Crippen LogP contribution is 2.22. The lowest BCUT2D eigenvalue weighted by Crippen LogP contribution is -2.34. The average molecular weight is 274 g/mol.